The van der Waals surface area contributed by atoms with Crippen LogP contribution in [0.15, 0.2) is 65.6 Å². The van der Waals surface area contributed by atoms with E-state index in [1.165, 1.54) is 23.3 Å². The van der Waals surface area contributed by atoms with Gasteiger partial charge in [-0.05, 0) is 37.1 Å². The molecule has 3 heterocycles. The zero-order chi connectivity index (χ0) is 24.1. The second-order valence-corrected chi connectivity index (χ2v) is 8.62. The standard InChI is InChI=1S/C27H31N5O2/c1-3-4-5-6-11-16-29-26(33)21-18-22-25(30-23-15-10-12-17-31(23)27(22)34)32(24(21)28)19(2)20-13-8-7-9-14-20/h7-10,12-15,17-19,28H,3-6,11,16H2,1-2H3,(H,29,33). The molecule has 7 nitrogen and oxygen atoms in total. The minimum absolute atomic E-state index is 0.0412. The molecule has 7 heteroatoms. The third-order valence-electron chi connectivity index (χ3n) is 6.24. The van der Waals surface area contributed by atoms with Gasteiger partial charge in [-0.15, -0.1) is 0 Å². The van der Waals surface area contributed by atoms with Gasteiger partial charge in [0.1, 0.15) is 16.8 Å². The molecule has 1 unspecified atom stereocenters. The number of unbranched alkanes of at least 4 members (excludes halogenated alkanes) is 4. The molecule has 0 aliphatic rings. The van der Waals surface area contributed by atoms with E-state index in [9.17, 15) is 9.59 Å². The monoisotopic (exact) mass is 457 g/mol. The van der Waals surface area contributed by atoms with Gasteiger partial charge in [-0.2, -0.15) is 0 Å². The van der Waals surface area contributed by atoms with Crippen LogP contribution in [0.25, 0.3) is 16.7 Å². The van der Waals surface area contributed by atoms with Gasteiger partial charge >= 0.3 is 0 Å². The molecular weight excluding hydrogens is 426 g/mol. The van der Waals surface area contributed by atoms with Crippen molar-refractivity contribution in [2.75, 3.05) is 6.54 Å². The Hall–Kier alpha value is -3.74. The summed E-state index contributed by atoms with van der Waals surface area (Å²) in [5.41, 5.74) is 1.82. The number of hydrogen-bond acceptors (Lipinski definition) is 4. The van der Waals surface area contributed by atoms with Crippen molar-refractivity contribution in [3.8, 4) is 0 Å². The molecule has 0 fully saturated rings. The summed E-state index contributed by atoms with van der Waals surface area (Å²) in [4.78, 5) is 31.2. The van der Waals surface area contributed by atoms with E-state index in [1.54, 1.807) is 22.9 Å². The summed E-state index contributed by atoms with van der Waals surface area (Å²) in [6.07, 6.45) is 7.13. The van der Waals surface area contributed by atoms with E-state index in [0.717, 1.165) is 24.8 Å². The van der Waals surface area contributed by atoms with Crippen LogP contribution >= 0.6 is 0 Å². The van der Waals surface area contributed by atoms with Gasteiger partial charge in [0.15, 0.2) is 0 Å². The lowest BCUT2D eigenvalue weighted by molar-refractivity contribution is 0.0950. The Labute approximate surface area is 198 Å². The van der Waals surface area contributed by atoms with Crippen molar-refractivity contribution in [1.29, 1.82) is 5.41 Å². The molecule has 1 atom stereocenters. The van der Waals surface area contributed by atoms with Crippen LogP contribution in [0.3, 0.4) is 0 Å². The molecule has 0 saturated heterocycles. The number of pyridine rings is 2. The van der Waals surface area contributed by atoms with Crippen LogP contribution in [0.2, 0.25) is 0 Å². The van der Waals surface area contributed by atoms with E-state index in [2.05, 4.69) is 12.2 Å². The highest BCUT2D eigenvalue weighted by Gasteiger charge is 2.20. The van der Waals surface area contributed by atoms with Crippen LogP contribution in [0.5, 0.6) is 0 Å². The summed E-state index contributed by atoms with van der Waals surface area (Å²) in [5, 5.41) is 12.2. The molecule has 34 heavy (non-hydrogen) atoms. The lowest BCUT2D eigenvalue weighted by Gasteiger charge is -2.21. The van der Waals surface area contributed by atoms with E-state index in [0.29, 0.717) is 23.2 Å². The first-order valence-electron chi connectivity index (χ1n) is 12.0. The molecule has 0 saturated carbocycles. The van der Waals surface area contributed by atoms with E-state index < -0.39 is 0 Å². The summed E-state index contributed by atoms with van der Waals surface area (Å²) < 4.78 is 3.16. The summed E-state index contributed by atoms with van der Waals surface area (Å²) in [6.45, 7) is 4.67. The number of nitrogens with one attached hydrogen (secondary N) is 2. The fourth-order valence-corrected chi connectivity index (χ4v) is 4.31. The third-order valence-corrected chi connectivity index (χ3v) is 6.24. The number of carbonyl (C=O) groups is 1. The van der Waals surface area contributed by atoms with E-state index in [4.69, 9.17) is 10.4 Å². The van der Waals surface area contributed by atoms with Crippen molar-refractivity contribution in [3.05, 3.63) is 87.8 Å². The number of carbonyl (C=O) groups excluding carboxylic acids is 1. The van der Waals surface area contributed by atoms with Gasteiger partial charge in [-0.1, -0.05) is 69.0 Å². The topological polar surface area (TPSA) is 92.2 Å². The second kappa shape index (κ2) is 10.5. The summed E-state index contributed by atoms with van der Waals surface area (Å²) in [6, 6.07) is 16.3. The van der Waals surface area contributed by atoms with E-state index in [-0.39, 0.29) is 28.6 Å². The number of aromatic nitrogens is 3. The smallest absolute Gasteiger partial charge is 0.267 e. The number of fused-ring (bicyclic) bond motifs is 2. The Kier molecular flexibility index (Phi) is 7.21. The van der Waals surface area contributed by atoms with Crippen molar-refractivity contribution in [1.82, 2.24) is 19.3 Å². The summed E-state index contributed by atoms with van der Waals surface area (Å²) in [7, 11) is 0. The van der Waals surface area contributed by atoms with Gasteiger partial charge in [-0.3, -0.25) is 19.4 Å². The van der Waals surface area contributed by atoms with Crippen molar-refractivity contribution in [2.45, 2.75) is 52.0 Å². The first-order valence-corrected chi connectivity index (χ1v) is 12.0. The van der Waals surface area contributed by atoms with Crippen LogP contribution in [0, 0.1) is 5.41 Å². The van der Waals surface area contributed by atoms with E-state index in [1.807, 2.05) is 43.3 Å². The van der Waals surface area contributed by atoms with Crippen molar-refractivity contribution in [2.24, 2.45) is 0 Å². The second-order valence-electron chi connectivity index (χ2n) is 8.62. The van der Waals surface area contributed by atoms with Gasteiger partial charge < -0.3 is 9.88 Å². The number of hydrogen-bond donors (Lipinski definition) is 2. The Morgan fingerprint density at radius 3 is 2.56 bits per heavy atom. The van der Waals surface area contributed by atoms with Crippen LogP contribution in [-0.4, -0.2) is 26.4 Å². The minimum atomic E-state index is -0.339. The molecule has 1 amide bonds. The maximum Gasteiger partial charge on any atom is 0.267 e. The van der Waals surface area contributed by atoms with Gasteiger partial charge in [-0.25, -0.2) is 4.98 Å². The molecule has 3 aromatic heterocycles. The molecule has 4 aromatic rings. The fourth-order valence-electron chi connectivity index (χ4n) is 4.31. The predicted molar refractivity (Wildman–Crippen MR) is 134 cm³/mol. The Morgan fingerprint density at radius 2 is 1.79 bits per heavy atom. The number of rotatable bonds is 9. The molecular formula is C27H31N5O2. The molecule has 0 bridgehead atoms. The van der Waals surface area contributed by atoms with Gasteiger partial charge in [0, 0.05) is 12.7 Å². The molecule has 1 aromatic carbocycles. The predicted octanol–water partition coefficient (Wildman–Crippen LogP) is 4.44. The van der Waals surface area contributed by atoms with Crippen molar-refractivity contribution >= 4 is 22.6 Å². The fraction of sp³-hybridized carbons (Fsp3) is 0.333. The zero-order valence-corrected chi connectivity index (χ0v) is 19.8. The molecule has 4 rings (SSSR count). The van der Waals surface area contributed by atoms with Gasteiger partial charge in [0.05, 0.1) is 17.0 Å². The summed E-state index contributed by atoms with van der Waals surface area (Å²) >= 11 is 0. The Balaban J connectivity index is 1.82. The van der Waals surface area contributed by atoms with Gasteiger partial charge in [0.25, 0.3) is 11.5 Å². The highest BCUT2D eigenvalue weighted by molar-refractivity contribution is 5.96. The third kappa shape index (κ3) is 4.64. The molecule has 2 N–H and O–H groups in total. The Morgan fingerprint density at radius 1 is 1.06 bits per heavy atom. The van der Waals surface area contributed by atoms with Gasteiger partial charge in [0.2, 0.25) is 0 Å². The lowest BCUT2D eigenvalue weighted by atomic mass is 10.1. The van der Waals surface area contributed by atoms with Crippen LogP contribution in [0.1, 0.15) is 67.9 Å². The Bertz CT molecular complexity index is 1420. The molecule has 0 radical (unpaired) electrons. The first-order chi connectivity index (χ1) is 16.5. The first kappa shape index (κ1) is 23.4. The van der Waals surface area contributed by atoms with Crippen LogP contribution in [0.4, 0.5) is 0 Å². The largest absolute Gasteiger partial charge is 0.352 e. The lowest BCUT2D eigenvalue weighted by Crippen LogP contribution is -2.36. The molecule has 0 aliphatic heterocycles. The van der Waals surface area contributed by atoms with E-state index >= 15 is 0 Å². The zero-order valence-electron chi connectivity index (χ0n) is 19.8. The maximum atomic E-state index is 13.4. The van der Waals surface area contributed by atoms with Crippen molar-refractivity contribution < 1.29 is 4.79 Å². The number of amides is 1. The SMILES string of the molecule is CCCCCCCNC(=O)c1cc2c(=O)n3ccccc3nc2n(C(C)c2ccccc2)c1=N. The summed E-state index contributed by atoms with van der Waals surface area (Å²) in [5.74, 6) is -0.339. The quantitative estimate of drug-likeness (QED) is 0.287. The average Bonchev–Trinajstić information content (AvgIpc) is 2.86. The van der Waals surface area contributed by atoms with Crippen LogP contribution in [-0.2, 0) is 0 Å². The minimum Gasteiger partial charge on any atom is -0.352 e. The molecule has 0 aliphatic carbocycles. The number of benzene rings is 1. The maximum absolute atomic E-state index is 13.4. The molecule has 176 valence electrons. The normalized spacial score (nSPS) is 12.2. The highest BCUT2D eigenvalue weighted by atomic mass is 16.1. The highest BCUT2D eigenvalue weighted by Crippen LogP contribution is 2.20. The number of nitrogens with zero attached hydrogens (tertiary/aromatic N) is 3. The molecule has 0 spiro atoms. The average molecular weight is 458 g/mol. The van der Waals surface area contributed by atoms with Crippen molar-refractivity contribution in [3.63, 3.8) is 0 Å². The van der Waals surface area contributed by atoms with Crippen LogP contribution < -0.4 is 16.4 Å².